The average Bonchev–Trinajstić information content (AvgIpc) is 3.14. The van der Waals surface area contributed by atoms with Crippen LogP contribution in [0.1, 0.15) is 48.5 Å². The molecule has 5 rings (SSSR count). The second kappa shape index (κ2) is 10.5. The van der Waals surface area contributed by atoms with Gasteiger partial charge in [0, 0.05) is 18.0 Å². The number of nitrogens with zero attached hydrogens (tertiary/aromatic N) is 1. The summed E-state index contributed by atoms with van der Waals surface area (Å²) in [7, 11) is -3.37. The third-order valence-electron chi connectivity index (χ3n) is 8.09. The molecule has 1 saturated heterocycles. The van der Waals surface area contributed by atoms with Crippen molar-refractivity contribution in [2.24, 2.45) is 0 Å². The summed E-state index contributed by atoms with van der Waals surface area (Å²) in [6.45, 7) is 15.1. The van der Waals surface area contributed by atoms with Gasteiger partial charge in [0.2, 0.25) is 0 Å². The molecule has 0 aliphatic carbocycles. The Morgan fingerprint density at radius 2 is 1.32 bits per heavy atom. The number of pyridine rings is 1. The van der Waals surface area contributed by atoms with Gasteiger partial charge in [-0.1, -0.05) is 81.4 Å². The third-order valence-corrected chi connectivity index (χ3v) is 13.0. The highest BCUT2D eigenvalue weighted by atomic mass is 28.4. The van der Waals surface area contributed by atoms with Crippen LogP contribution in [0.4, 0.5) is 11.4 Å². The zero-order chi connectivity index (χ0) is 28.6. The lowest BCUT2D eigenvalue weighted by Gasteiger charge is -2.43. The molecule has 2 heterocycles. The summed E-state index contributed by atoms with van der Waals surface area (Å²) in [6.07, 6.45) is 3.58. The number of aromatic nitrogens is 1. The van der Waals surface area contributed by atoms with E-state index >= 15 is 0 Å². The molecule has 40 heavy (non-hydrogen) atoms. The first-order valence-electron chi connectivity index (χ1n) is 13.9. The Hall–Kier alpha value is -3.39. The zero-order valence-corrected chi connectivity index (χ0v) is 25.6. The first-order valence-corrected chi connectivity index (χ1v) is 15.8. The lowest BCUT2D eigenvalue weighted by Crippen LogP contribution is -2.68. The van der Waals surface area contributed by atoms with Crippen LogP contribution < -0.4 is 25.6 Å². The van der Waals surface area contributed by atoms with Crippen LogP contribution in [0.25, 0.3) is 0 Å². The molecule has 3 aromatic carbocycles. The molecule has 0 spiro atoms. The molecule has 0 radical (unpaired) electrons. The van der Waals surface area contributed by atoms with Crippen molar-refractivity contribution in [1.29, 1.82) is 0 Å². The number of hydrogen-bond acceptors (Lipinski definition) is 5. The van der Waals surface area contributed by atoms with Crippen molar-refractivity contribution in [2.45, 2.75) is 64.7 Å². The molecule has 0 unspecified atom stereocenters. The highest BCUT2D eigenvalue weighted by molar-refractivity contribution is 7.00. The molecule has 206 valence electrons. The van der Waals surface area contributed by atoms with Gasteiger partial charge in [0.25, 0.3) is 0 Å². The summed E-state index contributed by atoms with van der Waals surface area (Å²) >= 11 is 0. The van der Waals surface area contributed by atoms with E-state index in [-0.39, 0.29) is 5.04 Å². The van der Waals surface area contributed by atoms with Crippen LogP contribution in [0.15, 0.2) is 103 Å². The van der Waals surface area contributed by atoms with Crippen LogP contribution in [0.2, 0.25) is 5.04 Å². The molecule has 0 atom stereocenters. The summed E-state index contributed by atoms with van der Waals surface area (Å²) in [5.74, 6) is 0.771. The van der Waals surface area contributed by atoms with Gasteiger partial charge in [-0.2, -0.15) is 0 Å². The second-order valence-corrected chi connectivity index (χ2v) is 16.7. The van der Waals surface area contributed by atoms with Gasteiger partial charge >= 0.3 is 15.4 Å². The molecular weight excluding hydrogens is 511 g/mol. The number of anilines is 2. The maximum atomic E-state index is 7.39. The molecule has 0 bridgehead atoms. The van der Waals surface area contributed by atoms with Crippen LogP contribution in [0, 0.1) is 0 Å². The minimum absolute atomic E-state index is 0.174. The van der Waals surface area contributed by atoms with E-state index < -0.39 is 26.6 Å². The quantitative estimate of drug-likeness (QED) is 0.284. The van der Waals surface area contributed by atoms with E-state index in [0.717, 1.165) is 22.6 Å². The maximum absolute atomic E-state index is 7.39. The Bertz CT molecular complexity index is 1390. The fraction of sp³-hybridized carbons (Fsp3) is 0.303. The Kier molecular flexibility index (Phi) is 7.42. The molecule has 1 aliphatic heterocycles. The topological polar surface area (TPSA) is 52.6 Å². The fourth-order valence-corrected chi connectivity index (χ4v) is 9.70. The van der Waals surface area contributed by atoms with Gasteiger partial charge < -0.3 is 19.1 Å². The molecule has 1 aromatic heterocycles. The van der Waals surface area contributed by atoms with E-state index in [2.05, 4.69) is 138 Å². The summed E-state index contributed by atoms with van der Waals surface area (Å²) in [5, 5.41) is 5.78. The number of nitrogens with one attached hydrogen (secondary N) is 1. The predicted molar refractivity (Wildman–Crippen MR) is 168 cm³/mol. The second-order valence-electron chi connectivity index (χ2n) is 12.5. The van der Waals surface area contributed by atoms with Gasteiger partial charge in [-0.25, -0.2) is 0 Å². The van der Waals surface area contributed by atoms with Crippen LogP contribution in [-0.4, -0.2) is 31.6 Å². The van der Waals surface area contributed by atoms with E-state index in [9.17, 15) is 0 Å². The third kappa shape index (κ3) is 5.34. The van der Waals surface area contributed by atoms with E-state index in [1.54, 1.807) is 6.20 Å². The largest absolute Gasteiger partial charge is 0.534 e. The number of rotatable bonds is 7. The van der Waals surface area contributed by atoms with Gasteiger partial charge in [0.05, 0.1) is 23.1 Å². The lowest BCUT2D eigenvalue weighted by molar-refractivity contribution is 0.00578. The molecule has 4 aromatic rings. The highest BCUT2D eigenvalue weighted by Crippen LogP contribution is 2.39. The standard InChI is InChI=1S/C33H39BN2O3Si/c1-31(2,3)40(29-16-10-8-11-17-29,30-18-12-9-13-19-30)37-28-22-25(34-38-32(4,5)33(6,7)39-34)21-27(23-28)36-26-15-14-20-35-24-26/h8-24,36H,1-7H3. The normalized spacial score (nSPS) is 16.5. The highest BCUT2D eigenvalue weighted by Gasteiger charge is 2.53. The molecule has 1 aliphatic rings. The lowest BCUT2D eigenvalue weighted by atomic mass is 9.79. The molecule has 0 amide bonds. The Morgan fingerprint density at radius 3 is 1.82 bits per heavy atom. The van der Waals surface area contributed by atoms with Gasteiger partial charge in [0.15, 0.2) is 0 Å². The minimum atomic E-state index is -2.85. The van der Waals surface area contributed by atoms with Crippen LogP contribution in [-0.2, 0) is 9.31 Å². The maximum Gasteiger partial charge on any atom is 0.495 e. The summed E-state index contributed by atoms with van der Waals surface area (Å²) < 4.78 is 20.3. The minimum Gasteiger partial charge on any atom is -0.534 e. The molecule has 1 N–H and O–H groups in total. The van der Waals surface area contributed by atoms with Gasteiger partial charge in [-0.3, -0.25) is 4.98 Å². The Morgan fingerprint density at radius 1 is 0.750 bits per heavy atom. The van der Waals surface area contributed by atoms with E-state index in [0.29, 0.717) is 0 Å². The van der Waals surface area contributed by atoms with Gasteiger partial charge in [-0.05, 0) is 72.8 Å². The molecule has 7 heteroatoms. The van der Waals surface area contributed by atoms with Crippen molar-refractivity contribution in [3.8, 4) is 5.75 Å². The van der Waals surface area contributed by atoms with E-state index in [4.69, 9.17) is 13.7 Å². The number of hydrogen-bond donors (Lipinski definition) is 1. The zero-order valence-electron chi connectivity index (χ0n) is 24.6. The first kappa shape index (κ1) is 28.2. The smallest absolute Gasteiger partial charge is 0.495 e. The van der Waals surface area contributed by atoms with Crippen LogP contribution >= 0.6 is 0 Å². The summed E-state index contributed by atoms with van der Waals surface area (Å²) in [6, 6.07) is 31.5. The summed E-state index contributed by atoms with van der Waals surface area (Å²) in [5.41, 5.74) is 1.77. The van der Waals surface area contributed by atoms with E-state index in [1.807, 2.05) is 18.3 Å². The van der Waals surface area contributed by atoms with Crippen molar-refractivity contribution in [3.05, 3.63) is 103 Å². The van der Waals surface area contributed by atoms with Gasteiger partial charge in [0.1, 0.15) is 5.75 Å². The Balaban J connectivity index is 1.66. The average molecular weight is 551 g/mol. The fourth-order valence-electron chi connectivity index (χ4n) is 5.30. The van der Waals surface area contributed by atoms with Crippen molar-refractivity contribution in [1.82, 2.24) is 4.98 Å². The van der Waals surface area contributed by atoms with E-state index in [1.165, 1.54) is 10.4 Å². The van der Waals surface area contributed by atoms with Crippen molar-refractivity contribution in [2.75, 3.05) is 5.32 Å². The monoisotopic (exact) mass is 550 g/mol. The summed E-state index contributed by atoms with van der Waals surface area (Å²) in [4.78, 5) is 4.28. The van der Waals surface area contributed by atoms with Crippen molar-refractivity contribution >= 4 is 42.6 Å². The van der Waals surface area contributed by atoms with Crippen molar-refractivity contribution < 1.29 is 13.7 Å². The van der Waals surface area contributed by atoms with Crippen LogP contribution in [0.5, 0.6) is 5.75 Å². The molecular formula is C33H39BN2O3Si. The first-order chi connectivity index (χ1) is 18.9. The molecule has 0 saturated carbocycles. The molecule has 5 nitrogen and oxygen atoms in total. The molecule has 1 fully saturated rings. The Labute approximate surface area is 240 Å². The number of benzene rings is 3. The SMILES string of the molecule is CC1(C)OB(c2cc(Nc3cccnc3)cc(O[Si](c3ccccc3)(c3ccccc3)C(C)(C)C)c2)OC1(C)C. The van der Waals surface area contributed by atoms with Gasteiger partial charge in [-0.15, -0.1) is 0 Å². The predicted octanol–water partition coefficient (Wildman–Crippen LogP) is 6.06. The van der Waals surface area contributed by atoms with Crippen LogP contribution in [0.3, 0.4) is 0 Å². The van der Waals surface area contributed by atoms with Crippen molar-refractivity contribution in [3.63, 3.8) is 0 Å².